The Labute approximate surface area is 106 Å². The highest BCUT2D eigenvalue weighted by molar-refractivity contribution is 6.33. The van der Waals surface area contributed by atoms with E-state index in [1.807, 2.05) is 12.1 Å². The fourth-order valence-corrected chi connectivity index (χ4v) is 2.47. The van der Waals surface area contributed by atoms with Gasteiger partial charge in [-0.3, -0.25) is 0 Å². The molecule has 0 bridgehead atoms. The molecule has 90 valence electrons. The fraction of sp³-hybridized carbons (Fsp3) is 0.500. The van der Waals surface area contributed by atoms with Crippen LogP contribution in [-0.2, 0) is 0 Å². The van der Waals surface area contributed by atoms with Crippen LogP contribution in [0.2, 0.25) is 5.02 Å². The van der Waals surface area contributed by atoms with Crippen LogP contribution in [0.4, 0.5) is 11.4 Å². The molecule has 0 aliphatic carbocycles. The van der Waals surface area contributed by atoms with Crippen molar-refractivity contribution in [3.63, 3.8) is 0 Å². The largest absolute Gasteiger partial charge is 0.370 e. The maximum absolute atomic E-state index is 8.37. The van der Waals surface area contributed by atoms with Gasteiger partial charge in [-0.1, -0.05) is 35.6 Å². The van der Waals surface area contributed by atoms with Crippen LogP contribution < -0.4 is 4.90 Å². The number of halogens is 1. The van der Waals surface area contributed by atoms with E-state index >= 15 is 0 Å². The van der Waals surface area contributed by atoms with Gasteiger partial charge in [0.25, 0.3) is 0 Å². The number of hydrogen-bond donors (Lipinski definition) is 0. The van der Waals surface area contributed by atoms with Crippen molar-refractivity contribution in [3.05, 3.63) is 33.7 Å². The summed E-state index contributed by atoms with van der Waals surface area (Å²) in [7, 11) is 0. The van der Waals surface area contributed by atoms with Gasteiger partial charge < -0.3 is 4.90 Å². The summed E-state index contributed by atoms with van der Waals surface area (Å²) in [5, 5.41) is 4.21. The molecular formula is C12H15ClN4. The molecule has 0 radical (unpaired) electrons. The number of azide groups is 1. The first kappa shape index (κ1) is 12.1. The summed E-state index contributed by atoms with van der Waals surface area (Å²) in [5.41, 5.74) is 9.98. The molecule has 1 saturated heterocycles. The molecule has 0 atom stereocenters. The van der Waals surface area contributed by atoms with Gasteiger partial charge in [0.05, 0.1) is 10.7 Å². The van der Waals surface area contributed by atoms with Crippen molar-refractivity contribution < 1.29 is 0 Å². The Hall–Kier alpha value is -1.38. The van der Waals surface area contributed by atoms with Gasteiger partial charge in [0.1, 0.15) is 0 Å². The Morgan fingerprint density at radius 1 is 1.18 bits per heavy atom. The topological polar surface area (TPSA) is 52.0 Å². The second-order valence-corrected chi connectivity index (χ2v) is 4.63. The van der Waals surface area contributed by atoms with E-state index in [4.69, 9.17) is 17.1 Å². The molecule has 1 fully saturated rings. The predicted molar refractivity (Wildman–Crippen MR) is 70.9 cm³/mol. The second-order valence-electron chi connectivity index (χ2n) is 4.23. The molecule has 1 aliphatic heterocycles. The Bertz CT molecular complexity index is 432. The first-order valence-electron chi connectivity index (χ1n) is 5.91. The molecular weight excluding hydrogens is 236 g/mol. The molecule has 0 spiro atoms. The van der Waals surface area contributed by atoms with Crippen LogP contribution in [0.25, 0.3) is 10.4 Å². The highest BCUT2D eigenvalue weighted by Gasteiger charge is 2.12. The Morgan fingerprint density at radius 3 is 2.47 bits per heavy atom. The Balaban J connectivity index is 2.22. The van der Waals surface area contributed by atoms with Crippen LogP contribution >= 0.6 is 11.6 Å². The van der Waals surface area contributed by atoms with E-state index in [0.717, 1.165) is 18.8 Å². The van der Waals surface area contributed by atoms with Gasteiger partial charge in [-0.25, -0.2) is 0 Å². The summed E-state index contributed by atoms with van der Waals surface area (Å²) in [6.45, 7) is 2.11. The number of benzene rings is 1. The number of anilines is 1. The average molecular weight is 251 g/mol. The third-order valence-corrected chi connectivity index (χ3v) is 3.34. The van der Waals surface area contributed by atoms with Crippen LogP contribution in [0.15, 0.2) is 23.3 Å². The fourth-order valence-electron chi connectivity index (χ4n) is 2.18. The molecule has 17 heavy (non-hydrogen) atoms. The minimum absolute atomic E-state index is 0.566. The first-order chi connectivity index (χ1) is 8.31. The van der Waals surface area contributed by atoms with E-state index in [0.29, 0.717) is 10.7 Å². The third-order valence-electron chi connectivity index (χ3n) is 3.04. The number of nitrogens with zero attached hydrogens (tertiary/aromatic N) is 4. The van der Waals surface area contributed by atoms with Gasteiger partial charge in [-0.2, -0.15) is 0 Å². The highest BCUT2D eigenvalue weighted by atomic mass is 35.5. The minimum Gasteiger partial charge on any atom is -0.370 e. The van der Waals surface area contributed by atoms with Gasteiger partial charge in [-0.15, -0.1) is 0 Å². The van der Waals surface area contributed by atoms with Crippen LogP contribution in [-0.4, -0.2) is 13.1 Å². The zero-order chi connectivity index (χ0) is 12.1. The molecule has 0 aromatic heterocycles. The molecule has 0 saturated carbocycles. The third kappa shape index (κ3) is 3.05. The lowest BCUT2D eigenvalue weighted by Gasteiger charge is -2.23. The number of hydrogen-bond acceptors (Lipinski definition) is 2. The summed E-state index contributed by atoms with van der Waals surface area (Å²) in [6.07, 6.45) is 5.03. The van der Waals surface area contributed by atoms with Gasteiger partial charge >= 0.3 is 0 Å². The summed E-state index contributed by atoms with van der Waals surface area (Å²) in [5.74, 6) is 0. The summed E-state index contributed by atoms with van der Waals surface area (Å²) < 4.78 is 0. The SMILES string of the molecule is [N-]=[N+]=Nc1ccc(N2CCCCCC2)c(Cl)c1. The van der Waals surface area contributed by atoms with Gasteiger partial charge in [0.15, 0.2) is 0 Å². The molecule has 1 aromatic carbocycles. The molecule has 1 aliphatic rings. The lowest BCUT2D eigenvalue weighted by Crippen LogP contribution is -2.23. The van der Waals surface area contributed by atoms with Crippen LogP contribution in [0.1, 0.15) is 25.7 Å². The normalized spacial score (nSPS) is 16.2. The van der Waals surface area contributed by atoms with Crippen molar-refractivity contribution in [1.82, 2.24) is 0 Å². The average Bonchev–Trinajstić information content (AvgIpc) is 2.58. The standard InChI is InChI=1S/C12H15ClN4/c13-11-9-10(15-16-14)5-6-12(11)17-7-3-1-2-4-8-17/h5-6,9H,1-4,7-8H2. The van der Waals surface area contributed by atoms with Crippen molar-refractivity contribution in [2.45, 2.75) is 25.7 Å². The Kier molecular flexibility index (Phi) is 4.13. The molecule has 0 amide bonds. The van der Waals surface area contributed by atoms with Gasteiger partial charge in [0.2, 0.25) is 0 Å². The summed E-state index contributed by atoms with van der Waals surface area (Å²) >= 11 is 6.23. The van der Waals surface area contributed by atoms with Crippen LogP contribution in [0, 0.1) is 0 Å². The molecule has 2 rings (SSSR count). The van der Waals surface area contributed by atoms with Crippen LogP contribution in [0.5, 0.6) is 0 Å². The molecule has 4 nitrogen and oxygen atoms in total. The zero-order valence-corrected chi connectivity index (χ0v) is 10.4. The first-order valence-corrected chi connectivity index (χ1v) is 6.28. The summed E-state index contributed by atoms with van der Waals surface area (Å²) in [6, 6.07) is 5.48. The quantitative estimate of drug-likeness (QED) is 0.428. The van der Waals surface area contributed by atoms with Crippen molar-refractivity contribution in [2.75, 3.05) is 18.0 Å². The smallest absolute Gasteiger partial charge is 0.0644 e. The van der Waals surface area contributed by atoms with Crippen molar-refractivity contribution in [3.8, 4) is 0 Å². The Morgan fingerprint density at radius 2 is 1.88 bits per heavy atom. The van der Waals surface area contributed by atoms with Crippen molar-refractivity contribution in [1.29, 1.82) is 0 Å². The molecule has 1 aromatic rings. The highest BCUT2D eigenvalue weighted by Crippen LogP contribution is 2.31. The van der Waals surface area contributed by atoms with E-state index in [9.17, 15) is 0 Å². The molecule has 5 heteroatoms. The lowest BCUT2D eigenvalue weighted by molar-refractivity contribution is 0.726. The summed E-state index contributed by atoms with van der Waals surface area (Å²) in [4.78, 5) is 5.07. The molecule has 1 heterocycles. The predicted octanol–water partition coefficient (Wildman–Crippen LogP) is 4.66. The van der Waals surface area contributed by atoms with Gasteiger partial charge in [-0.05, 0) is 30.5 Å². The van der Waals surface area contributed by atoms with E-state index in [2.05, 4.69) is 14.9 Å². The lowest BCUT2D eigenvalue weighted by atomic mass is 10.2. The van der Waals surface area contributed by atoms with E-state index < -0.39 is 0 Å². The minimum atomic E-state index is 0.566. The van der Waals surface area contributed by atoms with Crippen molar-refractivity contribution in [2.24, 2.45) is 5.11 Å². The zero-order valence-electron chi connectivity index (χ0n) is 9.64. The van der Waals surface area contributed by atoms with Crippen molar-refractivity contribution >= 4 is 23.0 Å². The van der Waals surface area contributed by atoms with E-state index in [-0.39, 0.29) is 0 Å². The van der Waals surface area contributed by atoms with E-state index in [1.54, 1.807) is 6.07 Å². The monoisotopic (exact) mass is 250 g/mol. The van der Waals surface area contributed by atoms with E-state index in [1.165, 1.54) is 25.7 Å². The number of rotatable bonds is 2. The molecule has 0 N–H and O–H groups in total. The van der Waals surface area contributed by atoms with Gasteiger partial charge in [0, 0.05) is 23.7 Å². The van der Waals surface area contributed by atoms with Crippen LogP contribution in [0.3, 0.4) is 0 Å². The molecule has 0 unspecified atom stereocenters. The maximum atomic E-state index is 8.37. The second kappa shape index (κ2) is 5.80. The maximum Gasteiger partial charge on any atom is 0.0644 e.